The van der Waals surface area contributed by atoms with Gasteiger partial charge in [0.05, 0.1) is 10.9 Å². The first-order chi connectivity index (χ1) is 16.7. The number of hydrogen-bond acceptors (Lipinski definition) is 4. The minimum atomic E-state index is -5.15. The van der Waals surface area contributed by atoms with Crippen LogP contribution >= 0.6 is 0 Å². The lowest BCUT2D eigenvalue weighted by atomic mass is 9.95. The van der Waals surface area contributed by atoms with Gasteiger partial charge in [0, 0.05) is 28.4 Å². The molecule has 2 heterocycles. The van der Waals surface area contributed by atoms with Crippen molar-refractivity contribution in [2.75, 3.05) is 0 Å². The van der Waals surface area contributed by atoms with Gasteiger partial charge in [-0.25, -0.2) is 0 Å². The Hall–Kier alpha value is -4.09. The Morgan fingerprint density at radius 1 is 1.09 bits per heavy atom. The number of aromatic nitrogens is 2. The van der Waals surface area contributed by atoms with Gasteiger partial charge >= 0.3 is 10.5 Å². The number of H-pyrrole nitrogens is 1. The second kappa shape index (κ2) is 8.29. The van der Waals surface area contributed by atoms with E-state index in [1.165, 1.54) is 12.1 Å². The van der Waals surface area contributed by atoms with Crippen molar-refractivity contribution in [1.82, 2.24) is 9.55 Å². The van der Waals surface area contributed by atoms with E-state index in [0.717, 1.165) is 33.1 Å². The number of fused-ring (bicyclic) bond motifs is 4. The first-order valence-corrected chi connectivity index (χ1v) is 12.4. The van der Waals surface area contributed by atoms with Crippen LogP contribution < -0.4 is 9.61 Å². The second-order valence-electron chi connectivity index (χ2n) is 8.21. The summed E-state index contributed by atoms with van der Waals surface area (Å²) < 4.78 is 41.5. The van der Waals surface area contributed by atoms with Crippen LogP contribution in [0.2, 0.25) is 0 Å². The Morgan fingerprint density at radius 3 is 2.57 bits per heavy atom. The maximum atomic E-state index is 13.7. The normalized spacial score (nSPS) is 11.8. The molecule has 0 bridgehead atoms. The van der Waals surface area contributed by atoms with Crippen LogP contribution in [0.15, 0.2) is 59.4 Å². The van der Waals surface area contributed by atoms with E-state index in [9.17, 15) is 17.1 Å². The molecule has 8 heteroatoms. The lowest BCUT2D eigenvalue weighted by Crippen LogP contribution is -2.11. The summed E-state index contributed by atoms with van der Waals surface area (Å²) >= 11 is 0. The average Bonchev–Trinajstić information content (AvgIpc) is 3.21. The molecule has 0 unspecified atom stereocenters. The molecule has 0 aliphatic heterocycles. The number of rotatable bonds is 5. The summed E-state index contributed by atoms with van der Waals surface area (Å²) in [6, 6.07) is 15.6. The van der Waals surface area contributed by atoms with Gasteiger partial charge in [-0.2, -0.15) is 8.42 Å². The number of nitrogens with zero attached hydrogens (tertiary/aromatic N) is 1. The molecule has 2 aromatic heterocycles. The molecule has 0 radical (unpaired) electrons. The van der Waals surface area contributed by atoms with Crippen LogP contribution in [0.5, 0.6) is 5.75 Å². The molecule has 6 nitrogen and oxygen atoms in total. The quantitative estimate of drug-likeness (QED) is 0.263. The maximum absolute atomic E-state index is 13.7. The average molecular weight is 489 g/mol. The molecule has 176 valence electrons. The molecule has 0 amide bonds. The fourth-order valence-electron chi connectivity index (χ4n) is 4.72. The molecule has 3 aromatic carbocycles. The van der Waals surface area contributed by atoms with Crippen LogP contribution in [0, 0.1) is 12.3 Å². The maximum Gasteiger partial charge on any atom is 0.488 e. The van der Waals surface area contributed by atoms with Gasteiger partial charge in [0.2, 0.25) is 0 Å². The van der Waals surface area contributed by atoms with Crippen molar-refractivity contribution < 1.29 is 16.5 Å². The molecular weight excluding hydrogens is 467 g/mol. The molecule has 0 aliphatic carbocycles. The zero-order valence-corrected chi connectivity index (χ0v) is 19.9. The van der Waals surface area contributed by atoms with Crippen molar-refractivity contribution in [2.24, 2.45) is 0 Å². The van der Waals surface area contributed by atoms with Crippen molar-refractivity contribution in [2.45, 2.75) is 26.8 Å². The van der Waals surface area contributed by atoms with Crippen molar-refractivity contribution >= 4 is 43.3 Å². The van der Waals surface area contributed by atoms with Gasteiger partial charge in [0.15, 0.2) is 5.43 Å². The van der Waals surface area contributed by atoms with Gasteiger partial charge in [-0.05, 0) is 66.4 Å². The van der Waals surface area contributed by atoms with Gasteiger partial charge in [-0.3, -0.25) is 4.79 Å². The van der Waals surface area contributed by atoms with E-state index in [2.05, 4.69) is 15.1 Å². The summed E-state index contributed by atoms with van der Waals surface area (Å²) in [7, 11) is -5.15. The Balaban J connectivity index is 1.84. The molecule has 0 fully saturated rings. The molecule has 5 rings (SSSR count). The van der Waals surface area contributed by atoms with E-state index in [0.29, 0.717) is 34.9 Å². The van der Waals surface area contributed by atoms with E-state index < -0.39 is 10.5 Å². The summed E-state index contributed by atoms with van der Waals surface area (Å²) in [5.41, 5.74) is 5.20. The third-order valence-electron chi connectivity index (χ3n) is 6.24. The second-order valence-corrected chi connectivity index (χ2v) is 9.16. The van der Waals surface area contributed by atoms with E-state index in [1.807, 2.05) is 48.7 Å². The van der Waals surface area contributed by atoms with Crippen LogP contribution in [0.4, 0.5) is 3.89 Å². The Bertz CT molecular complexity index is 1860. The van der Waals surface area contributed by atoms with Gasteiger partial charge in [-0.15, -0.1) is 6.42 Å². The number of pyridine rings is 1. The zero-order chi connectivity index (χ0) is 24.9. The molecule has 5 aromatic rings. The van der Waals surface area contributed by atoms with Crippen LogP contribution in [0.1, 0.15) is 25.0 Å². The number of nitrogens with one attached hydrogen (secondary N) is 1. The highest BCUT2D eigenvalue weighted by Gasteiger charge is 2.18. The summed E-state index contributed by atoms with van der Waals surface area (Å²) in [6.07, 6.45) is 6.18. The van der Waals surface area contributed by atoms with Crippen molar-refractivity contribution in [3.8, 4) is 29.2 Å². The monoisotopic (exact) mass is 488 g/mol. The van der Waals surface area contributed by atoms with E-state index in [1.54, 1.807) is 12.1 Å². The predicted molar refractivity (Wildman–Crippen MR) is 137 cm³/mol. The number of benzene rings is 3. The summed E-state index contributed by atoms with van der Waals surface area (Å²) in [4.78, 5) is 17.1. The Labute approximate surface area is 201 Å². The number of aromatic amines is 1. The third kappa shape index (κ3) is 3.84. The van der Waals surface area contributed by atoms with Crippen LogP contribution in [0.3, 0.4) is 0 Å². The van der Waals surface area contributed by atoms with Gasteiger partial charge in [-0.1, -0.05) is 34.9 Å². The molecule has 35 heavy (non-hydrogen) atoms. The fraction of sp³-hybridized carbons (Fsp3) is 0.148. The molecule has 0 atom stereocenters. The SMILES string of the molecule is C#Cc1ccc2c(c1)[nH]c1c2c(=O)c2cc(CC)c(-c3cccc(OS(=O)(=O)F)c3)cc2n1CC. The summed E-state index contributed by atoms with van der Waals surface area (Å²) in [6.45, 7) is 4.56. The molecule has 0 saturated heterocycles. The number of aryl methyl sites for hydroxylation is 2. The van der Waals surface area contributed by atoms with Crippen LogP contribution in [0.25, 0.3) is 44.0 Å². The molecular formula is C27H21FN2O4S. The standard InChI is InChI=1S/C27H21FN2O4S/c1-4-16-10-11-20-23(12-16)29-27-25(20)26(31)22-14-17(5-2)21(15-24(22)30(27)6-3)18-8-7-9-19(13-18)34-35(28,32)33/h1,7-15,29H,5-6H2,2-3H3. The van der Waals surface area contributed by atoms with E-state index >= 15 is 0 Å². The number of terminal acetylenes is 1. The summed E-state index contributed by atoms with van der Waals surface area (Å²) in [5.74, 6) is 2.49. The van der Waals surface area contributed by atoms with Crippen LogP contribution in [-0.4, -0.2) is 18.0 Å². The van der Waals surface area contributed by atoms with Crippen molar-refractivity contribution in [1.29, 1.82) is 0 Å². The summed E-state index contributed by atoms with van der Waals surface area (Å²) in [5, 5.41) is 2.00. The van der Waals surface area contributed by atoms with Gasteiger partial charge in [0.1, 0.15) is 11.4 Å². The first-order valence-electron chi connectivity index (χ1n) is 11.1. The predicted octanol–water partition coefficient (Wildman–Crippen LogP) is 5.46. The minimum Gasteiger partial charge on any atom is -0.358 e. The van der Waals surface area contributed by atoms with E-state index in [4.69, 9.17) is 6.42 Å². The molecule has 0 saturated carbocycles. The highest BCUT2D eigenvalue weighted by Crippen LogP contribution is 2.33. The lowest BCUT2D eigenvalue weighted by Gasteiger charge is -2.16. The van der Waals surface area contributed by atoms with Crippen molar-refractivity contribution in [3.63, 3.8) is 0 Å². The smallest absolute Gasteiger partial charge is 0.358 e. The van der Waals surface area contributed by atoms with Crippen LogP contribution in [-0.2, 0) is 23.5 Å². The Morgan fingerprint density at radius 2 is 1.89 bits per heavy atom. The zero-order valence-electron chi connectivity index (χ0n) is 19.1. The lowest BCUT2D eigenvalue weighted by molar-refractivity contribution is 0.440. The molecule has 1 N–H and O–H groups in total. The van der Waals surface area contributed by atoms with Crippen molar-refractivity contribution in [3.05, 3.63) is 75.9 Å². The highest BCUT2D eigenvalue weighted by molar-refractivity contribution is 7.81. The third-order valence-corrected chi connectivity index (χ3v) is 6.63. The highest BCUT2D eigenvalue weighted by atomic mass is 32.3. The van der Waals surface area contributed by atoms with Gasteiger partial charge in [0.25, 0.3) is 0 Å². The topological polar surface area (TPSA) is 81.2 Å². The first kappa shape index (κ1) is 22.7. The Kier molecular flexibility index (Phi) is 5.37. The molecule has 0 spiro atoms. The number of hydrogen-bond donors (Lipinski definition) is 1. The van der Waals surface area contributed by atoms with Gasteiger partial charge < -0.3 is 13.7 Å². The minimum absolute atomic E-state index is 0.0822. The van der Waals surface area contributed by atoms with E-state index in [-0.39, 0.29) is 11.2 Å². The number of halogens is 1. The fourth-order valence-corrected chi connectivity index (χ4v) is 5.05. The largest absolute Gasteiger partial charge is 0.488 e. The molecule has 0 aliphatic rings.